The van der Waals surface area contributed by atoms with E-state index in [1.165, 1.54) is 12.8 Å². The van der Waals surface area contributed by atoms with Gasteiger partial charge in [-0.1, -0.05) is 47.0 Å². The van der Waals surface area contributed by atoms with Gasteiger partial charge in [0.2, 0.25) is 5.91 Å². The molecule has 0 aliphatic carbocycles. The maximum atomic E-state index is 11.8. The Bertz CT molecular complexity index is 192. The number of carbonyl (C=O) groups excluding carboxylic acids is 1. The largest absolute Gasteiger partial charge is 0.352 e. The van der Waals surface area contributed by atoms with Crippen LogP contribution in [-0.4, -0.2) is 18.0 Å². The topological polar surface area (TPSA) is 55.1 Å². The molecule has 0 rings (SSSR count). The minimum Gasteiger partial charge on any atom is -0.352 e. The normalized spacial score (nSPS) is 14.9. The van der Waals surface area contributed by atoms with Crippen LogP contribution >= 0.6 is 0 Å². The van der Waals surface area contributed by atoms with Crippen molar-refractivity contribution in [2.75, 3.05) is 0 Å². The highest BCUT2D eigenvalue weighted by Crippen LogP contribution is 2.08. The second-order valence-corrected chi connectivity index (χ2v) is 4.91. The first-order valence-corrected chi connectivity index (χ1v) is 6.58. The Kier molecular flexibility index (Phi) is 8.26. The highest BCUT2D eigenvalue weighted by Gasteiger charge is 2.19. The number of carbonyl (C=O) groups is 1. The molecule has 0 spiro atoms. The third kappa shape index (κ3) is 6.11. The molecule has 0 aromatic heterocycles. The third-order valence-electron chi connectivity index (χ3n) is 2.91. The van der Waals surface area contributed by atoms with Gasteiger partial charge >= 0.3 is 0 Å². The van der Waals surface area contributed by atoms with Crippen LogP contribution in [-0.2, 0) is 4.79 Å². The number of hydrogen-bond donors (Lipinski definition) is 2. The lowest BCUT2D eigenvalue weighted by atomic mass is 10.0. The van der Waals surface area contributed by atoms with E-state index in [4.69, 9.17) is 5.73 Å². The second-order valence-electron chi connectivity index (χ2n) is 4.91. The van der Waals surface area contributed by atoms with Gasteiger partial charge in [0.25, 0.3) is 0 Å². The fourth-order valence-corrected chi connectivity index (χ4v) is 1.69. The lowest BCUT2D eigenvalue weighted by molar-refractivity contribution is -0.124. The van der Waals surface area contributed by atoms with Gasteiger partial charge in [-0.25, -0.2) is 0 Å². The molecule has 3 heteroatoms. The van der Waals surface area contributed by atoms with E-state index in [0.29, 0.717) is 6.04 Å². The fraction of sp³-hybridized carbons (Fsp3) is 0.923. The van der Waals surface area contributed by atoms with E-state index < -0.39 is 0 Å². The van der Waals surface area contributed by atoms with E-state index in [9.17, 15) is 4.79 Å². The molecule has 3 N–H and O–H groups in total. The Hall–Kier alpha value is -0.570. The summed E-state index contributed by atoms with van der Waals surface area (Å²) < 4.78 is 0. The molecule has 1 unspecified atom stereocenters. The number of nitrogens with two attached hydrogens (primary N) is 1. The second kappa shape index (κ2) is 8.57. The minimum atomic E-state index is -0.374. The van der Waals surface area contributed by atoms with Crippen LogP contribution in [0.15, 0.2) is 0 Å². The SMILES string of the molecule is CCCCC(CCC)NC(=O)[C@@H](N)C(C)C. The molecule has 0 radical (unpaired) electrons. The van der Waals surface area contributed by atoms with Gasteiger partial charge < -0.3 is 11.1 Å². The Morgan fingerprint density at radius 3 is 2.25 bits per heavy atom. The Morgan fingerprint density at radius 2 is 1.81 bits per heavy atom. The average molecular weight is 228 g/mol. The minimum absolute atomic E-state index is 0.00422. The van der Waals surface area contributed by atoms with Crippen molar-refractivity contribution in [1.82, 2.24) is 5.32 Å². The number of rotatable bonds is 8. The van der Waals surface area contributed by atoms with Gasteiger partial charge in [-0.15, -0.1) is 0 Å². The summed E-state index contributed by atoms with van der Waals surface area (Å²) in [6.07, 6.45) is 5.57. The molecular formula is C13H28N2O. The number of unbranched alkanes of at least 4 members (excludes halogenated alkanes) is 1. The lowest BCUT2D eigenvalue weighted by Crippen LogP contribution is -2.47. The van der Waals surface area contributed by atoms with Gasteiger partial charge in [-0.3, -0.25) is 4.79 Å². The molecule has 0 aliphatic rings. The van der Waals surface area contributed by atoms with Gasteiger partial charge in [-0.05, 0) is 18.8 Å². The smallest absolute Gasteiger partial charge is 0.237 e. The molecule has 96 valence electrons. The van der Waals surface area contributed by atoms with E-state index in [2.05, 4.69) is 19.2 Å². The van der Waals surface area contributed by atoms with Crippen LogP contribution in [0.25, 0.3) is 0 Å². The zero-order valence-electron chi connectivity index (χ0n) is 11.3. The summed E-state index contributed by atoms with van der Waals surface area (Å²) in [7, 11) is 0. The Labute approximate surface area is 100 Å². The molecule has 0 fully saturated rings. The predicted octanol–water partition coefficient (Wildman–Crippen LogP) is 2.44. The Morgan fingerprint density at radius 1 is 1.19 bits per heavy atom. The van der Waals surface area contributed by atoms with Crippen molar-refractivity contribution < 1.29 is 4.79 Å². The molecular weight excluding hydrogens is 200 g/mol. The first-order chi connectivity index (χ1) is 7.52. The van der Waals surface area contributed by atoms with Crippen molar-refractivity contribution in [2.24, 2.45) is 11.7 Å². The molecule has 0 aromatic carbocycles. The van der Waals surface area contributed by atoms with Crippen molar-refractivity contribution in [1.29, 1.82) is 0 Å². The van der Waals surface area contributed by atoms with Gasteiger partial charge in [0.1, 0.15) is 0 Å². The molecule has 0 saturated heterocycles. The summed E-state index contributed by atoms with van der Waals surface area (Å²) in [5.74, 6) is 0.206. The number of nitrogens with one attached hydrogen (secondary N) is 1. The van der Waals surface area contributed by atoms with E-state index in [-0.39, 0.29) is 17.9 Å². The number of hydrogen-bond acceptors (Lipinski definition) is 2. The predicted molar refractivity (Wildman–Crippen MR) is 69.2 cm³/mol. The van der Waals surface area contributed by atoms with Crippen LogP contribution in [0, 0.1) is 5.92 Å². The molecule has 3 nitrogen and oxygen atoms in total. The molecule has 16 heavy (non-hydrogen) atoms. The molecule has 0 aromatic rings. The van der Waals surface area contributed by atoms with Crippen LogP contribution < -0.4 is 11.1 Å². The quantitative estimate of drug-likeness (QED) is 0.670. The van der Waals surface area contributed by atoms with E-state index in [0.717, 1.165) is 19.3 Å². The molecule has 0 saturated carbocycles. The highest BCUT2D eigenvalue weighted by atomic mass is 16.2. The van der Waals surface area contributed by atoms with Gasteiger partial charge in [0.15, 0.2) is 0 Å². The van der Waals surface area contributed by atoms with Crippen molar-refractivity contribution in [3.05, 3.63) is 0 Å². The maximum Gasteiger partial charge on any atom is 0.237 e. The molecule has 0 bridgehead atoms. The van der Waals surface area contributed by atoms with Gasteiger partial charge in [-0.2, -0.15) is 0 Å². The summed E-state index contributed by atoms with van der Waals surface area (Å²) in [5.41, 5.74) is 5.82. The van der Waals surface area contributed by atoms with Crippen LogP contribution in [0.3, 0.4) is 0 Å². The van der Waals surface area contributed by atoms with E-state index in [1.54, 1.807) is 0 Å². The molecule has 1 amide bonds. The molecule has 0 heterocycles. The molecule has 0 aliphatic heterocycles. The first kappa shape index (κ1) is 15.4. The van der Waals surface area contributed by atoms with Crippen molar-refractivity contribution in [2.45, 2.75) is 71.9 Å². The maximum absolute atomic E-state index is 11.8. The summed E-state index contributed by atoms with van der Waals surface area (Å²) in [6.45, 7) is 8.27. The zero-order valence-corrected chi connectivity index (χ0v) is 11.3. The van der Waals surface area contributed by atoms with E-state index >= 15 is 0 Å². The monoisotopic (exact) mass is 228 g/mol. The third-order valence-corrected chi connectivity index (χ3v) is 2.91. The zero-order chi connectivity index (χ0) is 12.6. The van der Waals surface area contributed by atoms with Gasteiger partial charge in [0.05, 0.1) is 6.04 Å². The van der Waals surface area contributed by atoms with Crippen LogP contribution in [0.4, 0.5) is 0 Å². The van der Waals surface area contributed by atoms with Crippen LogP contribution in [0.1, 0.15) is 59.8 Å². The standard InChI is InChI=1S/C13H28N2O/c1-5-7-9-11(8-6-2)15-13(16)12(14)10(3)4/h10-12H,5-9,14H2,1-4H3,(H,15,16)/t11?,12-/m0/s1. The average Bonchev–Trinajstić information content (AvgIpc) is 2.24. The van der Waals surface area contributed by atoms with E-state index in [1.807, 2.05) is 13.8 Å². The van der Waals surface area contributed by atoms with Crippen molar-refractivity contribution in [3.8, 4) is 0 Å². The van der Waals surface area contributed by atoms with Crippen molar-refractivity contribution >= 4 is 5.91 Å². The van der Waals surface area contributed by atoms with Crippen molar-refractivity contribution in [3.63, 3.8) is 0 Å². The van der Waals surface area contributed by atoms with Gasteiger partial charge in [0, 0.05) is 6.04 Å². The highest BCUT2D eigenvalue weighted by molar-refractivity contribution is 5.81. The van der Waals surface area contributed by atoms with Crippen LogP contribution in [0.2, 0.25) is 0 Å². The Balaban J connectivity index is 4.11. The number of amides is 1. The summed E-state index contributed by atoms with van der Waals surface area (Å²) in [4.78, 5) is 11.8. The first-order valence-electron chi connectivity index (χ1n) is 6.58. The summed E-state index contributed by atoms with van der Waals surface area (Å²) >= 11 is 0. The summed E-state index contributed by atoms with van der Waals surface area (Å²) in [6, 6.07) is -0.0665. The van der Waals surface area contributed by atoms with Crippen LogP contribution in [0.5, 0.6) is 0 Å². The molecule has 2 atom stereocenters. The summed E-state index contributed by atoms with van der Waals surface area (Å²) in [5, 5.41) is 3.07. The fourth-order valence-electron chi connectivity index (χ4n) is 1.69. The lowest BCUT2D eigenvalue weighted by Gasteiger charge is -2.22.